The van der Waals surface area contributed by atoms with Crippen LogP contribution in [0.5, 0.6) is 5.75 Å². The summed E-state index contributed by atoms with van der Waals surface area (Å²) >= 11 is 3.60. The number of benzene rings is 2. The molecule has 0 saturated heterocycles. The second-order valence-electron chi connectivity index (χ2n) is 12.3. The number of nitrogens with one attached hydrogen (secondary N) is 3. The Kier molecular flexibility index (Phi) is 11.7. The minimum absolute atomic E-state index is 0.0449. The molecule has 11 heteroatoms. The van der Waals surface area contributed by atoms with Crippen molar-refractivity contribution in [1.29, 1.82) is 0 Å². The van der Waals surface area contributed by atoms with E-state index in [2.05, 4.69) is 31.5 Å². The number of carbonyl (C=O) groups excluding carboxylic acids is 4. The van der Waals surface area contributed by atoms with E-state index < -0.39 is 35.9 Å². The number of aromatic amines is 1. The molecule has 0 aliphatic carbocycles. The molecule has 0 spiro atoms. The average Bonchev–Trinajstić information content (AvgIpc) is 3.32. The van der Waals surface area contributed by atoms with E-state index in [-0.39, 0.29) is 36.5 Å². The number of cyclic esters (lactones) is 1. The third kappa shape index (κ3) is 8.78. The van der Waals surface area contributed by atoms with Crippen LogP contribution < -0.4 is 10.6 Å². The van der Waals surface area contributed by atoms with Crippen molar-refractivity contribution < 1.29 is 29.0 Å². The molecule has 3 aromatic rings. The van der Waals surface area contributed by atoms with Crippen LogP contribution in [0.25, 0.3) is 10.9 Å². The number of H-pyrrole nitrogens is 1. The molecule has 246 valence electrons. The van der Waals surface area contributed by atoms with E-state index in [1.807, 2.05) is 51.1 Å². The molecule has 1 aromatic heterocycles. The lowest BCUT2D eigenvalue weighted by Gasteiger charge is -2.31. The van der Waals surface area contributed by atoms with Gasteiger partial charge >= 0.3 is 5.97 Å². The summed E-state index contributed by atoms with van der Waals surface area (Å²) in [5, 5.41) is 16.6. The van der Waals surface area contributed by atoms with Crippen LogP contribution in [0.3, 0.4) is 0 Å². The number of allylic oxidation sites excluding steroid dienone is 2. The van der Waals surface area contributed by atoms with Crippen LogP contribution in [0.4, 0.5) is 0 Å². The average molecular weight is 696 g/mol. The third-order valence-corrected chi connectivity index (χ3v) is 9.14. The molecule has 1 aliphatic heterocycles. The fourth-order valence-electron chi connectivity index (χ4n) is 5.79. The van der Waals surface area contributed by atoms with Gasteiger partial charge in [0.05, 0.1) is 23.2 Å². The van der Waals surface area contributed by atoms with Gasteiger partial charge in [-0.15, -0.1) is 0 Å². The van der Waals surface area contributed by atoms with E-state index >= 15 is 0 Å². The van der Waals surface area contributed by atoms with Gasteiger partial charge in [0.2, 0.25) is 17.7 Å². The Balaban J connectivity index is 1.73. The minimum atomic E-state index is -1.01. The van der Waals surface area contributed by atoms with Gasteiger partial charge < -0.3 is 30.4 Å². The van der Waals surface area contributed by atoms with Crippen molar-refractivity contribution >= 4 is 50.5 Å². The highest BCUT2D eigenvalue weighted by atomic mass is 79.9. The van der Waals surface area contributed by atoms with Gasteiger partial charge in [-0.1, -0.05) is 48.9 Å². The Morgan fingerprint density at radius 1 is 0.957 bits per heavy atom. The summed E-state index contributed by atoms with van der Waals surface area (Å²) in [5.41, 5.74) is 3.29. The van der Waals surface area contributed by atoms with Gasteiger partial charge in [-0.3, -0.25) is 19.2 Å². The van der Waals surface area contributed by atoms with E-state index in [0.29, 0.717) is 29.4 Å². The molecular formula is C35H43BrN4O6. The van der Waals surface area contributed by atoms with Gasteiger partial charge in [0.15, 0.2) is 0 Å². The highest BCUT2D eigenvalue weighted by Crippen LogP contribution is 2.29. The molecule has 5 unspecified atom stereocenters. The fraction of sp³-hybridized carbons (Fsp3) is 0.429. The first-order valence-electron chi connectivity index (χ1n) is 15.6. The van der Waals surface area contributed by atoms with Gasteiger partial charge in [-0.05, 0) is 85.3 Å². The number of aromatic nitrogens is 1. The number of esters is 1. The zero-order valence-electron chi connectivity index (χ0n) is 26.9. The van der Waals surface area contributed by atoms with Gasteiger partial charge in [0.25, 0.3) is 0 Å². The fourth-order valence-corrected chi connectivity index (χ4v) is 6.38. The van der Waals surface area contributed by atoms with Crippen LogP contribution in [-0.2, 0) is 30.3 Å². The number of hydrogen-bond acceptors (Lipinski definition) is 6. The maximum atomic E-state index is 14.2. The van der Waals surface area contributed by atoms with E-state index in [4.69, 9.17) is 4.74 Å². The van der Waals surface area contributed by atoms with E-state index in [1.54, 1.807) is 26.1 Å². The number of phenols is 1. The highest BCUT2D eigenvalue weighted by Gasteiger charge is 2.34. The molecule has 0 saturated carbocycles. The molecule has 3 amide bonds. The van der Waals surface area contributed by atoms with Crippen LogP contribution in [-0.4, -0.2) is 63.9 Å². The molecule has 4 N–H and O–H groups in total. The highest BCUT2D eigenvalue weighted by molar-refractivity contribution is 9.10. The summed E-state index contributed by atoms with van der Waals surface area (Å²) in [6, 6.07) is 11.2. The van der Waals surface area contributed by atoms with Crippen molar-refractivity contribution in [2.24, 2.45) is 5.92 Å². The van der Waals surface area contributed by atoms with Gasteiger partial charge in [-0.25, -0.2) is 0 Å². The summed E-state index contributed by atoms with van der Waals surface area (Å²) in [7, 11) is 1.54. The first-order chi connectivity index (χ1) is 21.8. The lowest BCUT2D eigenvalue weighted by Crippen LogP contribution is -2.55. The zero-order valence-corrected chi connectivity index (χ0v) is 28.5. The number of hydrogen-bond donors (Lipinski definition) is 4. The molecule has 4 rings (SSSR count). The number of nitrogens with zero attached hydrogens (tertiary/aromatic N) is 1. The van der Waals surface area contributed by atoms with Crippen LogP contribution in [0.15, 0.2) is 64.8 Å². The van der Waals surface area contributed by atoms with Crippen LogP contribution in [0.1, 0.15) is 70.5 Å². The van der Waals surface area contributed by atoms with E-state index in [9.17, 15) is 24.3 Å². The summed E-state index contributed by atoms with van der Waals surface area (Å²) < 4.78 is 6.40. The van der Waals surface area contributed by atoms with E-state index in [1.165, 1.54) is 17.0 Å². The Morgan fingerprint density at radius 3 is 2.37 bits per heavy atom. The number of aromatic hydroxyl groups is 1. The van der Waals surface area contributed by atoms with Crippen molar-refractivity contribution in [1.82, 2.24) is 20.5 Å². The van der Waals surface area contributed by atoms with Crippen molar-refractivity contribution in [3.63, 3.8) is 0 Å². The molecule has 2 aromatic carbocycles. The molecular weight excluding hydrogens is 652 g/mol. The van der Waals surface area contributed by atoms with Crippen molar-refractivity contribution in [2.45, 2.75) is 84.0 Å². The number of halogens is 1. The van der Waals surface area contributed by atoms with Crippen LogP contribution >= 0.6 is 15.9 Å². The number of fused-ring (bicyclic) bond motifs is 1. The quantitative estimate of drug-likeness (QED) is 0.212. The molecule has 0 bridgehead atoms. The molecule has 0 radical (unpaired) electrons. The third-order valence-electron chi connectivity index (χ3n) is 8.46. The summed E-state index contributed by atoms with van der Waals surface area (Å²) in [6.45, 7) is 7.21. The van der Waals surface area contributed by atoms with Crippen molar-refractivity contribution in [3.05, 3.63) is 75.9 Å². The normalized spacial score (nSPS) is 24.7. The summed E-state index contributed by atoms with van der Waals surface area (Å²) in [4.78, 5) is 58.9. The molecule has 46 heavy (non-hydrogen) atoms. The van der Waals surface area contributed by atoms with Gasteiger partial charge in [0.1, 0.15) is 17.8 Å². The Hall–Kier alpha value is -4.12. The second kappa shape index (κ2) is 15.4. The molecule has 2 heterocycles. The predicted molar refractivity (Wildman–Crippen MR) is 180 cm³/mol. The number of ether oxygens (including phenoxy) is 1. The SMILES string of the molecule is CC1=CCCC(C)OC(=O)CC(c2ccc(O)cc2)NC(=O)C(Cc2c(Br)[nH]c3ccccc23)N(C)C(=O)C(C)NC(=O)C(C)C1. The monoisotopic (exact) mass is 694 g/mol. The molecule has 5 atom stereocenters. The number of carbonyl (C=O) groups is 4. The number of amides is 3. The molecule has 1 aliphatic rings. The van der Waals surface area contributed by atoms with E-state index in [0.717, 1.165) is 22.0 Å². The van der Waals surface area contributed by atoms with Gasteiger partial charge in [0, 0.05) is 30.3 Å². The number of rotatable bonds is 3. The molecule has 0 fully saturated rings. The zero-order chi connectivity index (χ0) is 33.5. The first kappa shape index (κ1) is 34.7. The van der Waals surface area contributed by atoms with Crippen molar-refractivity contribution in [2.75, 3.05) is 7.05 Å². The lowest BCUT2D eigenvalue weighted by atomic mass is 9.99. The lowest BCUT2D eigenvalue weighted by molar-refractivity contribution is -0.149. The predicted octanol–water partition coefficient (Wildman–Crippen LogP) is 5.46. The van der Waals surface area contributed by atoms with Crippen LogP contribution in [0, 0.1) is 5.92 Å². The Bertz CT molecular complexity index is 1600. The smallest absolute Gasteiger partial charge is 0.308 e. The second-order valence-corrected chi connectivity index (χ2v) is 13.0. The summed E-state index contributed by atoms with van der Waals surface area (Å²) in [5.74, 6) is -1.99. The minimum Gasteiger partial charge on any atom is -0.508 e. The number of likely N-dealkylation sites (N-methyl/N-ethyl adjacent to an activating group) is 1. The Labute approximate surface area is 278 Å². The molecule has 10 nitrogen and oxygen atoms in total. The topological polar surface area (TPSA) is 141 Å². The number of para-hydroxylation sites is 1. The van der Waals surface area contributed by atoms with Gasteiger partial charge in [-0.2, -0.15) is 0 Å². The standard InChI is InChI=1S/C35H43BrN4O6/c1-20-9-8-10-22(3)46-31(42)19-29(24-13-15-25(41)16-14-24)39-34(44)30(18-27-26-11-6-7-12-28(26)38-32(27)36)40(5)35(45)23(4)37-33(43)21(2)17-20/h6-7,9,11-16,21-23,29-30,38,41H,8,10,17-19H2,1-5H3,(H,37,43)(H,39,44). The summed E-state index contributed by atoms with van der Waals surface area (Å²) in [6.07, 6.45) is 3.44. The maximum absolute atomic E-state index is 14.2. The number of phenolic OH excluding ortho intramolecular Hbond substituents is 1. The van der Waals surface area contributed by atoms with Crippen molar-refractivity contribution in [3.8, 4) is 5.75 Å². The Morgan fingerprint density at radius 2 is 1.65 bits per heavy atom. The largest absolute Gasteiger partial charge is 0.508 e. The van der Waals surface area contributed by atoms with Crippen LogP contribution in [0.2, 0.25) is 0 Å². The first-order valence-corrected chi connectivity index (χ1v) is 16.4. The maximum Gasteiger partial charge on any atom is 0.308 e.